The van der Waals surface area contributed by atoms with Gasteiger partial charge in [-0.25, -0.2) is 4.79 Å². The lowest BCUT2D eigenvalue weighted by Gasteiger charge is -2.10. The van der Waals surface area contributed by atoms with Gasteiger partial charge in [-0.15, -0.1) is 0 Å². The first kappa shape index (κ1) is 15.2. The van der Waals surface area contributed by atoms with E-state index in [9.17, 15) is 4.79 Å². The van der Waals surface area contributed by atoms with Crippen LogP contribution < -0.4 is 4.74 Å². The molecule has 3 nitrogen and oxygen atoms in total. The lowest BCUT2D eigenvalue weighted by Crippen LogP contribution is -2.15. The van der Waals surface area contributed by atoms with Crippen molar-refractivity contribution in [1.29, 1.82) is 0 Å². The minimum Gasteiger partial charge on any atom is -0.423 e. The Morgan fingerprint density at radius 1 is 1.21 bits per heavy atom. The maximum Gasteiger partial charge on any atom is 0.341 e. The Bertz CT molecular complexity index is 501. The van der Waals surface area contributed by atoms with Crippen molar-refractivity contribution in [3.8, 4) is 5.75 Å². The quantitative estimate of drug-likeness (QED) is 0.340. The number of benzene rings is 1. The van der Waals surface area contributed by atoms with Crippen LogP contribution in [0.4, 0.5) is 0 Å². The molecule has 0 heterocycles. The molecule has 1 rings (SSSR count). The lowest BCUT2D eigenvalue weighted by atomic mass is 10.1. The summed E-state index contributed by atoms with van der Waals surface area (Å²) in [5, 5.41) is 0. The molecule has 0 spiro atoms. The summed E-state index contributed by atoms with van der Waals surface area (Å²) in [4.78, 5) is 11.8. The smallest absolute Gasteiger partial charge is 0.341 e. The summed E-state index contributed by atoms with van der Waals surface area (Å²) in [5.41, 5.74) is 3.22. The lowest BCUT2D eigenvalue weighted by molar-refractivity contribution is -0.130. The molecule has 0 fully saturated rings. The molecule has 0 aliphatic carbocycles. The molecule has 0 aromatic heterocycles. The van der Waals surface area contributed by atoms with Gasteiger partial charge in [0.15, 0.2) is 0 Å². The van der Waals surface area contributed by atoms with E-state index in [0.717, 1.165) is 16.7 Å². The summed E-state index contributed by atoms with van der Waals surface area (Å²) in [7, 11) is 0. The molecular formula is C16H20O3. The van der Waals surface area contributed by atoms with Crippen molar-refractivity contribution >= 4 is 5.97 Å². The molecule has 0 atom stereocenters. The second-order valence-electron chi connectivity index (χ2n) is 4.64. The average Bonchev–Trinajstić information content (AvgIpc) is 2.34. The van der Waals surface area contributed by atoms with Gasteiger partial charge in [0.1, 0.15) is 5.75 Å². The Kier molecular flexibility index (Phi) is 5.52. The minimum atomic E-state index is -0.463. The zero-order valence-electron chi connectivity index (χ0n) is 11.8. The maximum absolute atomic E-state index is 11.8. The van der Waals surface area contributed by atoms with Crippen LogP contribution in [0.5, 0.6) is 5.75 Å². The molecule has 102 valence electrons. The first-order valence-corrected chi connectivity index (χ1v) is 6.10. The number of hydrogen-bond donors (Lipinski definition) is 0. The zero-order valence-corrected chi connectivity index (χ0v) is 11.8. The number of hydrogen-bond acceptors (Lipinski definition) is 3. The van der Waals surface area contributed by atoms with E-state index in [1.54, 1.807) is 6.07 Å². The van der Waals surface area contributed by atoms with Crippen LogP contribution in [0.25, 0.3) is 0 Å². The van der Waals surface area contributed by atoms with Gasteiger partial charge in [-0.1, -0.05) is 30.9 Å². The molecule has 19 heavy (non-hydrogen) atoms. The Balaban J connectivity index is 2.57. The van der Waals surface area contributed by atoms with Crippen LogP contribution in [0.3, 0.4) is 0 Å². The molecule has 1 aromatic carbocycles. The fraction of sp³-hybridized carbons (Fsp3) is 0.312. The molecule has 1 aromatic rings. The number of rotatable bonds is 6. The van der Waals surface area contributed by atoms with Gasteiger partial charge in [0.2, 0.25) is 0 Å². The Labute approximate surface area is 114 Å². The van der Waals surface area contributed by atoms with E-state index in [0.29, 0.717) is 17.9 Å². The number of carbonyl (C=O) groups is 1. The van der Waals surface area contributed by atoms with E-state index in [4.69, 9.17) is 9.47 Å². The normalized spacial score (nSPS) is 10.1. The molecule has 0 saturated heterocycles. The molecule has 0 aliphatic heterocycles. The van der Waals surface area contributed by atoms with E-state index < -0.39 is 5.97 Å². The monoisotopic (exact) mass is 260 g/mol. The van der Waals surface area contributed by atoms with Crippen LogP contribution in [-0.2, 0) is 9.53 Å². The highest BCUT2D eigenvalue weighted by molar-refractivity contribution is 5.89. The first-order valence-electron chi connectivity index (χ1n) is 6.10. The number of esters is 1. The Morgan fingerprint density at radius 2 is 1.89 bits per heavy atom. The van der Waals surface area contributed by atoms with Crippen molar-refractivity contribution in [3.05, 3.63) is 53.6 Å². The molecule has 0 saturated carbocycles. The van der Waals surface area contributed by atoms with Crippen molar-refractivity contribution in [3.63, 3.8) is 0 Å². The highest BCUT2D eigenvalue weighted by Gasteiger charge is 2.12. The summed E-state index contributed by atoms with van der Waals surface area (Å²) >= 11 is 0. The standard InChI is InChI=1S/C16H20O3/c1-11(2)9-18-10-13(4)16(17)19-15-8-6-7-12(3)14(15)5/h6-8H,1,4,9-10H2,2-3,5H3. The van der Waals surface area contributed by atoms with Gasteiger partial charge in [0.25, 0.3) is 0 Å². The second-order valence-corrected chi connectivity index (χ2v) is 4.64. The van der Waals surface area contributed by atoms with Gasteiger partial charge in [-0.3, -0.25) is 0 Å². The number of ether oxygens (including phenoxy) is 2. The number of carbonyl (C=O) groups excluding carboxylic acids is 1. The third-order valence-electron chi connectivity index (χ3n) is 2.67. The molecule has 0 N–H and O–H groups in total. The van der Waals surface area contributed by atoms with Gasteiger partial charge < -0.3 is 9.47 Å². The minimum absolute atomic E-state index is 0.149. The van der Waals surface area contributed by atoms with Gasteiger partial charge in [-0.2, -0.15) is 0 Å². The predicted octanol–water partition coefficient (Wildman–Crippen LogP) is 3.36. The van der Waals surface area contributed by atoms with Crippen molar-refractivity contribution in [1.82, 2.24) is 0 Å². The van der Waals surface area contributed by atoms with Gasteiger partial charge in [0.05, 0.1) is 18.8 Å². The summed E-state index contributed by atoms with van der Waals surface area (Å²) < 4.78 is 10.6. The summed E-state index contributed by atoms with van der Waals surface area (Å²) in [6.45, 7) is 13.7. The predicted molar refractivity (Wildman–Crippen MR) is 76.3 cm³/mol. The maximum atomic E-state index is 11.8. The second kappa shape index (κ2) is 6.90. The van der Waals surface area contributed by atoms with Crippen LogP contribution in [0, 0.1) is 13.8 Å². The average molecular weight is 260 g/mol. The van der Waals surface area contributed by atoms with Gasteiger partial charge in [-0.05, 0) is 38.0 Å². The van der Waals surface area contributed by atoms with E-state index >= 15 is 0 Å². The molecule has 0 bridgehead atoms. The zero-order chi connectivity index (χ0) is 14.4. The molecule has 0 amide bonds. The van der Waals surface area contributed by atoms with Crippen LogP contribution in [0.15, 0.2) is 42.5 Å². The fourth-order valence-electron chi connectivity index (χ4n) is 1.41. The third-order valence-corrected chi connectivity index (χ3v) is 2.67. The van der Waals surface area contributed by atoms with Crippen LogP contribution in [0.1, 0.15) is 18.1 Å². The molecule has 0 unspecified atom stereocenters. The molecule has 3 heteroatoms. The third kappa shape index (κ3) is 4.72. The van der Waals surface area contributed by atoms with Crippen molar-refractivity contribution in [2.45, 2.75) is 20.8 Å². The van der Waals surface area contributed by atoms with Gasteiger partial charge in [0, 0.05) is 0 Å². The van der Waals surface area contributed by atoms with E-state index in [1.807, 2.05) is 32.9 Å². The first-order chi connectivity index (χ1) is 8.91. The van der Waals surface area contributed by atoms with Crippen molar-refractivity contribution in [2.24, 2.45) is 0 Å². The summed E-state index contributed by atoms with van der Waals surface area (Å²) in [6, 6.07) is 5.59. The van der Waals surface area contributed by atoms with Gasteiger partial charge >= 0.3 is 5.97 Å². The fourth-order valence-corrected chi connectivity index (χ4v) is 1.41. The Morgan fingerprint density at radius 3 is 2.53 bits per heavy atom. The molecule has 0 aliphatic rings. The topological polar surface area (TPSA) is 35.5 Å². The van der Waals surface area contributed by atoms with E-state index in [1.165, 1.54) is 0 Å². The van der Waals surface area contributed by atoms with Crippen molar-refractivity contribution in [2.75, 3.05) is 13.2 Å². The highest BCUT2D eigenvalue weighted by atomic mass is 16.5. The number of aryl methyl sites for hydroxylation is 1. The van der Waals surface area contributed by atoms with E-state index in [-0.39, 0.29) is 6.61 Å². The largest absolute Gasteiger partial charge is 0.423 e. The van der Waals surface area contributed by atoms with Crippen LogP contribution in [-0.4, -0.2) is 19.2 Å². The summed E-state index contributed by atoms with van der Waals surface area (Å²) in [5.74, 6) is 0.0986. The van der Waals surface area contributed by atoms with Crippen molar-refractivity contribution < 1.29 is 14.3 Å². The highest BCUT2D eigenvalue weighted by Crippen LogP contribution is 2.21. The molecular weight excluding hydrogens is 240 g/mol. The SMILES string of the molecule is C=C(C)COCC(=C)C(=O)Oc1cccc(C)c1C. The summed E-state index contributed by atoms with van der Waals surface area (Å²) in [6.07, 6.45) is 0. The van der Waals surface area contributed by atoms with Crippen LogP contribution in [0.2, 0.25) is 0 Å². The van der Waals surface area contributed by atoms with E-state index in [2.05, 4.69) is 13.2 Å². The Hall–Kier alpha value is -1.87. The molecule has 0 radical (unpaired) electrons. The van der Waals surface area contributed by atoms with Crippen LogP contribution >= 0.6 is 0 Å².